The normalized spacial score (nSPS) is 23.6. The molecule has 0 bridgehead atoms. The molecule has 2 unspecified atom stereocenters. The topological polar surface area (TPSA) is 65.7 Å². The fraction of sp³-hybridized carbons (Fsp3) is 0.533. The molecule has 0 radical (unpaired) electrons. The summed E-state index contributed by atoms with van der Waals surface area (Å²) >= 11 is 0. The Balaban J connectivity index is 2.34. The number of nitriles is 1. The van der Waals surface area contributed by atoms with Gasteiger partial charge in [-0.15, -0.1) is 0 Å². The molecule has 3 atom stereocenters. The van der Waals surface area contributed by atoms with Gasteiger partial charge < -0.3 is 19.5 Å². The van der Waals surface area contributed by atoms with Crippen molar-refractivity contribution in [3.63, 3.8) is 0 Å². The monoisotopic (exact) mass is 276 g/mol. The number of rotatable bonds is 4. The molecular weight excluding hydrogens is 256 g/mol. The van der Waals surface area contributed by atoms with Gasteiger partial charge in [0.1, 0.15) is 12.2 Å². The molecule has 1 aliphatic rings. The van der Waals surface area contributed by atoms with Crippen LogP contribution < -0.4 is 4.90 Å². The molecule has 1 aromatic carbocycles. The number of nitrogens with zero attached hydrogens (tertiary/aromatic N) is 2. The molecule has 1 aromatic rings. The average molecular weight is 276 g/mol. The molecule has 1 saturated heterocycles. The van der Waals surface area contributed by atoms with Crippen molar-refractivity contribution < 1.29 is 14.6 Å². The highest BCUT2D eigenvalue weighted by Crippen LogP contribution is 2.31. The third-order valence-electron chi connectivity index (χ3n) is 3.77. The fourth-order valence-electron chi connectivity index (χ4n) is 2.63. The lowest BCUT2D eigenvalue weighted by Crippen LogP contribution is -2.27. The van der Waals surface area contributed by atoms with Gasteiger partial charge in [0.05, 0.1) is 17.7 Å². The Hall–Kier alpha value is -1.61. The Bertz CT molecular complexity index is 498. The Morgan fingerprint density at radius 2 is 1.90 bits per heavy atom. The van der Waals surface area contributed by atoms with Crippen LogP contribution in [0.1, 0.15) is 24.2 Å². The first-order valence-electron chi connectivity index (χ1n) is 6.63. The average Bonchev–Trinajstić information content (AvgIpc) is 2.89. The molecule has 1 aliphatic heterocycles. The molecule has 2 rings (SSSR count). The molecule has 0 aliphatic carbocycles. The van der Waals surface area contributed by atoms with Gasteiger partial charge in [-0.2, -0.15) is 5.26 Å². The van der Waals surface area contributed by atoms with E-state index in [4.69, 9.17) is 14.7 Å². The van der Waals surface area contributed by atoms with Crippen LogP contribution >= 0.6 is 0 Å². The quantitative estimate of drug-likeness (QED) is 0.902. The standard InChI is InChI=1S/C15H20N2O3/c1-10(18)12-5-4-11(7-16)6-13(12)17-8-14(19-2)15(9-17)20-3/h4-6,10,14-15,18H,8-9H2,1-3H3/t10-,14?,15?/m1/s1. The molecule has 1 fully saturated rings. The number of anilines is 1. The molecule has 0 saturated carbocycles. The van der Waals surface area contributed by atoms with Gasteiger partial charge in [0.2, 0.25) is 0 Å². The predicted molar refractivity (Wildman–Crippen MR) is 75.6 cm³/mol. The lowest BCUT2D eigenvalue weighted by atomic mass is 10.0. The maximum absolute atomic E-state index is 9.90. The minimum absolute atomic E-state index is 0.00686. The summed E-state index contributed by atoms with van der Waals surface area (Å²) in [5.74, 6) is 0. The summed E-state index contributed by atoms with van der Waals surface area (Å²) in [7, 11) is 3.34. The van der Waals surface area contributed by atoms with Crippen LogP contribution in [0.2, 0.25) is 0 Å². The number of benzene rings is 1. The molecular formula is C15H20N2O3. The minimum atomic E-state index is -0.583. The Kier molecular flexibility index (Phi) is 4.61. The van der Waals surface area contributed by atoms with E-state index in [1.165, 1.54) is 0 Å². The summed E-state index contributed by atoms with van der Waals surface area (Å²) in [6.07, 6.45) is -0.597. The predicted octanol–water partition coefficient (Wildman–Crippen LogP) is 1.46. The van der Waals surface area contributed by atoms with Crippen molar-refractivity contribution in [2.45, 2.75) is 25.2 Å². The van der Waals surface area contributed by atoms with Crippen molar-refractivity contribution >= 4 is 5.69 Å². The van der Waals surface area contributed by atoms with Crippen LogP contribution in [0.5, 0.6) is 0 Å². The minimum Gasteiger partial charge on any atom is -0.389 e. The summed E-state index contributed by atoms with van der Waals surface area (Å²) in [5, 5.41) is 19.0. The van der Waals surface area contributed by atoms with E-state index in [-0.39, 0.29) is 12.2 Å². The molecule has 0 aromatic heterocycles. The van der Waals surface area contributed by atoms with Gasteiger partial charge in [-0.3, -0.25) is 0 Å². The van der Waals surface area contributed by atoms with Crippen molar-refractivity contribution in [2.24, 2.45) is 0 Å². The third-order valence-corrected chi connectivity index (χ3v) is 3.77. The van der Waals surface area contributed by atoms with Gasteiger partial charge in [-0.05, 0) is 19.1 Å². The first kappa shape index (κ1) is 14.8. The second-order valence-corrected chi connectivity index (χ2v) is 5.01. The maximum Gasteiger partial charge on any atom is 0.102 e. The Morgan fingerprint density at radius 1 is 1.30 bits per heavy atom. The van der Waals surface area contributed by atoms with Crippen LogP contribution in [0, 0.1) is 11.3 Å². The maximum atomic E-state index is 9.90. The Morgan fingerprint density at radius 3 is 2.35 bits per heavy atom. The second kappa shape index (κ2) is 6.23. The first-order valence-corrected chi connectivity index (χ1v) is 6.63. The van der Waals surface area contributed by atoms with Crippen molar-refractivity contribution in [1.29, 1.82) is 5.26 Å². The van der Waals surface area contributed by atoms with E-state index in [0.717, 1.165) is 11.3 Å². The lowest BCUT2D eigenvalue weighted by molar-refractivity contribution is -0.00461. The lowest BCUT2D eigenvalue weighted by Gasteiger charge is -2.23. The van der Waals surface area contributed by atoms with Crippen molar-refractivity contribution in [3.8, 4) is 6.07 Å². The number of aliphatic hydroxyl groups excluding tert-OH is 1. The van der Waals surface area contributed by atoms with Gasteiger partial charge in [0.15, 0.2) is 0 Å². The van der Waals surface area contributed by atoms with Crippen LogP contribution in [0.25, 0.3) is 0 Å². The summed E-state index contributed by atoms with van der Waals surface area (Å²) in [4.78, 5) is 2.10. The highest BCUT2D eigenvalue weighted by molar-refractivity contribution is 5.59. The number of ether oxygens (including phenoxy) is 2. The largest absolute Gasteiger partial charge is 0.389 e. The number of methoxy groups -OCH3 is 2. The molecule has 0 spiro atoms. The highest BCUT2D eigenvalue weighted by atomic mass is 16.5. The van der Waals surface area contributed by atoms with Crippen LogP contribution in [0.3, 0.4) is 0 Å². The van der Waals surface area contributed by atoms with Gasteiger partial charge in [-0.1, -0.05) is 6.07 Å². The highest BCUT2D eigenvalue weighted by Gasteiger charge is 2.34. The summed E-state index contributed by atoms with van der Waals surface area (Å²) in [6.45, 7) is 3.09. The summed E-state index contributed by atoms with van der Waals surface area (Å²) in [6, 6.07) is 7.48. The van der Waals surface area contributed by atoms with Crippen LogP contribution in [0.4, 0.5) is 5.69 Å². The van der Waals surface area contributed by atoms with E-state index < -0.39 is 6.10 Å². The zero-order valence-electron chi connectivity index (χ0n) is 12.0. The molecule has 0 amide bonds. The number of aliphatic hydroxyl groups is 1. The zero-order chi connectivity index (χ0) is 14.7. The molecule has 1 N–H and O–H groups in total. The van der Waals surface area contributed by atoms with E-state index in [2.05, 4.69) is 11.0 Å². The molecule has 1 heterocycles. The molecule has 20 heavy (non-hydrogen) atoms. The summed E-state index contributed by atoms with van der Waals surface area (Å²) in [5.41, 5.74) is 2.27. The van der Waals surface area contributed by atoms with E-state index in [9.17, 15) is 5.11 Å². The third kappa shape index (κ3) is 2.78. The molecule has 5 heteroatoms. The van der Waals surface area contributed by atoms with E-state index in [0.29, 0.717) is 18.7 Å². The van der Waals surface area contributed by atoms with Crippen LogP contribution in [-0.4, -0.2) is 44.6 Å². The van der Waals surface area contributed by atoms with Gasteiger partial charge >= 0.3 is 0 Å². The van der Waals surface area contributed by atoms with Gasteiger partial charge in [-0.25, -0.2) is 0 Å². The fourth-order valence-corrected chi connectivity index (χ4v) is 2.63. The van der Waals surface area contributed by atoms with Gasteiger partial charge in [0.25, 0.3) is 0 Å². The van der Waals surface area contributed by atoms with Crippen molar-refractivity contribution in [2.75, 3.05) is 32.2 Å². The van der Waals surface area contributed by atoms with E-state index in [1.807, 2.05) is 6.07 Å². The van der Waals surface area contributed by atoms with Gasteiger partial charge in [0, 0.05) is 38.6 Å². The number of hydrogen-bond donors (Lipinski definition) is 1. The van der Waals surface area contributed by atoms with Crippen LogP contribution in [0.15, 0.2) is 18.2 Å². The summed E-state index contributed by atoms with van der Waals surface area (Å²) < 4.78 is 10.9. The van der Waals surface area contributed by atoms with Crippen molar-refractivity contribution in [1.82, 2.24) is 0 Å². The van der Waals surface area contributed by atoms with Crippen LogP contribution in [-0.2, 0) is 9.47 Å². The van der Waals surface area contributed by atoms with E-state index in [1.54, 1.807) is 33.3 Å². The Labute approximate surface area is 119 Å². The zero-order valence-corrected chi connectivity index (χ0v) is 12.0. The molecule has 108 valence electrons. The number of hydrogen-bond acceptors (Lipinski definition) is 5. The second-order valence-electron chi connectivity index (χ2n) is 5.01. The SMILES string of the molecule is COC1CN(c2cc(C#N)ccc2[C@@H](C)O)CC1OC. The first-order chi connectivity index (χ1) is 9.60. The van der Waals surface area contributed by atoms with Crippen molar-refractivity contribution in [3.05, 3.63) is 29.3 Å². The smallest absolute Gasteiger partial charge is 0.102 e. The molecule has 5 nitrogen and oxygen atoms in total. The van der Waals surface area contributed by atoms with E-state index >= 15 is 0 Å².